The number of hydrogen-bond acceptors (Lipinski definition) is 5. The molecule has 0 aliphatic heterocycles. The Hall–Kier alpha value is -3.06. The zero-order valence-corrected chi connectivity index (χ0v) is 15.4. The van der Waals surface area contributed by atoms with Crippen LogP contribution >= 0.6 is 11.3 Å². The minimum absolute atomic E-state index is 0.0109. The van der Waals surface area contributed by atoms with Crippen molar-refractivity contribution in [1.82, 2.24) is 19.9 Å². The fourth-order valence-electron chi connectivity index (χ4n) is 2.97. The molecule has 27 heavy (non-hydrogen) atoms. The summed E-state index contributed by atoms with van der Waals surface area (Å²) < 4.78 is 2.63. The summed E-state index contributed by atoms with van der Waals surface area (Å²) in [5.74, 6) is -0.183. The van der Waals surface area contributed by atoms with Crippen molar-refractivity contribution in [1.29, 1.82) is 0 Å². The van der Waals surface area contributed by atoms with E-state index >= 15 is 0 Å². The second kappa shape index (κ2) is 7.67. The van der Waals surface area contributed by atoms with Gasteiger partial charge in [0.05, 0.1) is 32.5 Å². The molecule has 0 aliphatic rings. The number of carbonyl (C=O) groups is 1. The molecule has 0 atom stereocenters. The van der Waals surface area contributed by atoms with Crippen molar-refractivity contribution in [3.05, 3.63) is 70.1 Å². The summed E-state index contributed by atoms with van der Waals surface area (Å²) in [5.41, 5.74) is 2.10. The average molecular weight is 378 g/mol. The molecule has 7 heteroatoms. The van der Waals surface area contributed by atoms with Gasteiger partial charge in [-0.15, -0.1) is 11.3 Å². The number of amides is 1. The number of carbonyl (C=O) groups excluding carboxylic acids is 1. The van der Waals surface area contributed by atoms with Crippen molar-refractivity contribution in [2.75, 3.05) is 6.54 Å². The highest BCUT2D eigenvalue weighted by Gasteiger charge is 2.09. The van der Waals surface area contributed by atoms with Crippen LogP contribution in [-0.2, 0) is 17.8 Å². The maximum Gasteiger partial charge on any atom is 0.269 e. The predicted molar refractivity (Wildman–Crippen MR) is 107 cm³/mol. The summed E-state index contributed by atoms with van der Waals surface area (Å²) in [7, 11) is 0. The number of benzene rings is 2. The first-order valence-corrected chi connectivity index (χ1v) is 9.58. The van der Waals surface area contributed by atoms with Crippen LogP contribution < -0.4 is 10.9 Å². The topological polar surface area (TPSA) is 76.9 Å². The summed E-state index contributed by atoms with van der Waals surface area (Å²) in [5, 5.41) is 3.96. The van der Waals surface area contributed by atoms with E-state index in [4.69, 9.17) is 0 Å². The van der Waals surface area contributed by atoms with Crippen LogP contribution in [0.5, 0.6) is 0 Å². The van der Waals surface area contributed by atoms with Gasteiger partial charge in [0.15, 0.2) is 0 Å². The van der Waals surface area contributed by atoms with E-state index in [2.05, 4.69) is 21.4 Å². The van der Waals surface area contributed by atoms with E-state index < -0.39 is 0 Å². The van der Waals surface area contributed by atoms with Crippen molar-refractivity contribution in [3.63, 3.8) is 0 Å². The number of para-hydroxylation sites is 3. The van der Waals surface area contributed by atoms with Crippen LogP contribution in [0.2, 0.25) is 0 Å². The van der Waals surface area contributed by atoms with Crippen LogP contribution in [0, 0.1) is 0 Å². The number of hydrogen-bond donors (Lipinski definition) is 1. The summed E-state index contributed by atoms with van der Waals surface area (Å²) in [6.07, 6.45) is 2.87. The molecule has 2 aromatic heterocycles. The Labute approximate surface area is 159 Å². The second-order valence-electron chi connectivity index (χ2n) is 6.20. The van der Waals surface area contributed by atoms with E-state index in [1.165, 1.54) is 15.5 Å². The van der Waals surface area contributed by atoms with E-state index in [1.54, 1.807) is 17.4 Å². The Morgan fingerprint density at radius 1 is 1.07 bits per heavy atom. The van der Waals surface area contributed by atoms with Crippen molar-refractivity contribution >= 4 is 38.5 Å². The van der Waals surface area contributed by atoms with Gasteiger partial charge in [0, 0.05) is 13.0 Å². The highest BCUT2D eigenvalue weighted by Crippen LogP contribution is 2.22. The highest BCUT2D eigenvalue weighted by molar-refractivity contribution is 7.18. The van der Waals surface area contributed by atoms with Crippen molar-refractivity contribution in [2.45, 2.75) is 19.4 Å². The fraction of sp³-hybridized carbons (Fsp3) is 0.200. The molecule has 4 aromatic rings. The average Bonchev–Trinajstić information content (AvgIpc) is 3.10. The minimum atomic E-state index is -0.279. The Kier molecular flexibility index (Phi) is 4.93. The molecule has 2 aromatic carbocycles. The van der Waals surface area contributed by atoms with Crippen molar-refractivity contribution in [3.8, 4) is 0 Å². The number of nitrogens with zero attached hydrogens (tertiary/aromatic N) is 3. The van der Waals surface area contributed by atoms with Crippen molar-refractivity contribution in [2.24, 2.45) is 0 Å². The quantitative estimate of drug-likeness (QED) is 0.524. The lowest BCUT2D eigenvalue weighted by Gasteiger charge is -2.09. The molecule has 0 fully saturated rings. The number of thiazole rings is 1. The van der Waals surface area contributed by atoms with Gasteiger partial charge in [0.25, 0.3) is 5.56 Å². The SMILES string of the molecule is O=C(Cn1c(=O)cnc2ccccc21)NCCCc1nc2ccccc2s1. The lowest BCUT2D eigenvalue weighted by Crippen LogP contribution is -2.33. The first-order chi connectivity index (χ1) is 13.2. The number of aryl methyl sites for hydroxylation is 1. The first kappa shape index (κ1) is 17.4. The van der Waals surface area contributed by atoms with Crippen molar-refractivity contribution < 1.29 is 4.79 Å². The minimum Gasteiger partial charge on any atom is -0.355 e. The lowest BCUT2D eigenvalue weighted by molar-refractivity contribution is -0.121. The third-order valence-electron chi connectivity index (χ3n) is 4.28. The Balaban J connectivity index is 1.34. The van der Waals surface area contributed by atoms with Gasteiger partial charge in [-0.3, -0.25) is 14.2 Å². The van der Waals surface area contributed by atoms with E-state index in [-0.39, 0.29) is 18.0 Å². The maximum absolute atomic E-state index is 12.3. The molecule has 0 aliphatic carbocycles. The molecule has 0 saturated heterocycles. The monoisotopic (exact) mass is 378 g/mol. The van der Waals surface area contributed by atoms with E-state index in [9.17, 15) is 9.59 Å². The van der Waals surface area contributed by atoms with Crippen LogP contribution in [0.25, 0.3) is 21.3 Å². The molecular formula is C20H18N4O2S. The zero-order valence-electron chi connectivity index (χ0n) is 14.6. The Bertz CT molecular complexity index is 1130. The van der Waals surface area contributed by atoms with Gasteiger partial charge < -0.3 is 5.32 Å². The lowest BCUT2D eigenvalue weighted by atomic mass is 10.3. The molecule has 0 bridgehead atoms. The largest absolute Gasteiger partial charge is 0.355 e. The summed E-state index contributed by atoms with van der Waals surface area (Å²) in [6.45, 7) is 0.537. The third kappa shape index (κ3) is 3.88. The fourth-order valence-corrected chi connectivity index (χ4v) is 3.98. The van der Waals surface area contributed by atoms with Crippen LogP contribution in [0.1, 0.15) is 11.4 Å². The zero-order chi connectivity index (χ0) is 18.6. The Morgan fingerprint density at radius 2 is 1.85 bits per heavy atom. The Morgan fingerprint density at radius 3 is 2.70 bits per heavy atom. The number of rotatable bonds is 6. The molecule has 4 rings (SSSR count). The van der Waals surface area contributed by atoms with Crippen LogP contribution in [0.3, 0.4) is 0 Å². The van der Waals surface area contributed by atoms with Gasteiger partial charge in [-0.1, -0.05) is 24.3 Å². The molecule has 1 amide bonds. The van der Waals surface area contributed by atoms with Crippen LogP contribution in [0.15, 0.2) is 59.5 Å². The van der Waals surface area contributed by atoms with Gasteiger partial charge in [-0.25, -0.2) is 9.97 Å². The molecule has 136 valence electrons. The van der Waals surface area contributed by atoms with E-state index in [1.807, 2.05) is 36.4 Å². The second-order valence-corrected chi connectivity index (χ2v) is 7.32. The van der Waals surface area contributed by atoms with Crippen LogP contribution in [0.4, 0.5) is 0 Å². The standard InChI is InChI=1S/C20H18N4O2S/c25-18(13-24-16-8-3-1-6-14(16)22-12-20(24)26)21-11-5-10-19-23-15-7-2-4-9-17(15)27-19/h1-4,6-9,12H,5,10-11,13H2,(H,21,25). The van der Waals surface area contributed by atoms with Gasteiger partial charge >= 0.3 is 0 Å². The van der Waals surface area contributed by atoms with Gasteiger partial charge in [-0.05, 0) is 30.7 Å². The summed E-state index contributed by atoms with van der Waals surface area (Å²) >= 11 is 1.69. The number of nitrogens with one attached hydrogen (secondary N) is 1. The highest BCUT2D eigenvalue weighted by atomic mass is 32.1. The first-order valence-electron chi connectivity index (χ1n) is 8.76. The van der Waals surface area contributed by atoms with Gasteiger partial charge in [0.1, 0.15) is 6.54 Å². The molecule has 0 unspecified atom stereocenters. The maximum atomic E-state index is 12.3. The predicted octanol–water partition coefficient (Wildman–Crippen LogP) is 2.76. The number of fused-ring (bicyclic) bond motifs is 2. The molecular weight excluding hydrogens is 360 g/mol. The van der Waals surface area contributed by atoms with E-state index in [0.717, 1.165) is 23.4 Å². The molecule has 0 radical (unpaired) electrons. The molecule has 1 N–H and O–H groups in total. The number of aromatic nitrogens is 3. The van der Waals surface area contributed by atoms with E-state index in [0.29, 0.717) is 17.6 Å². The smallest absolute Gasteiger partial charge is 0.269 e. The van der Waals surface area contributed by atoms with Gasteiger partial charge in [-0.2, -0.15) is 0 Å². The normalized spacial score (nSPS) is 11.1. The molecule has 0 saturated carbocycles. The molecule has 0 spiro atoms. The summed E-state index contributed by atoms with van der Waals surface area (Å²) in [4.78, 5) is 33.0. The molecule has 2 heterocycles. The molecule has 6 nitrogen and oxygen atoms in total. The summed E-state index contributed by atoms with van der Waals surface area (Å²) in [6, 6.07) is 15.4. The van der Waals surface area contributed by atoms with Crippen LogP contribution in [-0.4, -0.2) is 27.0 Å². The van der Waals surface area contributed by atoms with Gasteiger partial charge in [0.2, 0.25) is 5.91 Å². The third-order valence-corrected chi connectivity index (χ3v) is 5.38.